The van der Waals surface area contributed by atoms with E-state index < -0.39 is 6.04 Å². The third-order valence-electron chi connectivity index (χ3n) is 4.69. The topological polar surface area (TPSA) is 78.5 Å². The van der Waals surface area contributed by atoms with E-state index in [-0.39, 0.29) is 23.6 Å². The lowest BCUT2D eigenvalue weighted by molar-refractivity contribution is -0.132. The molecule has 0 bridgehead atoms. The Balaban J connectivity index is 2.06. The van der Waals surface area contributed by atoms with Gasteiger partial charge in [0.1, 0.15) is 6.04 Å². The van der Waals surface area contributed by atoms with Crippen molar-refractivity contribution >= 4 is 17.7 Å². The number of amides is 3. The average molecular weight is 357 g/mol. The lowest BCUT2D eigenvalue weighted by atomic mass is 9.88. The van der Waals surface area contributed by atoms with E-state index >= 15 is 0 Å². The van der Waals surface area contributed by atoms with Crippen molar-refractivity contribution in [2.24, 2.45) is 5.92 Å². The number of carbonyl (C=O) groups excluding carboxylic acids is 3. The highest BCUT2D eigenvalue weighted by Gasteiger charge is 2.33. The smallest absolute Gasteiger partial charge is 0.251 e. The van der Waals surface area contributed by atoms with Crippen LogP contribution in [0, 0.1) is 5.92 Å². The summed E-state index contributed by atoms with van der Waals surface area (Å²) in [6, 6.07) is 8.23. The minimum absolute atomic E-state index is 0.00613. The number of nitrogens with zero attached hydrogens (tertiary/aromatic N) is 1. The van der Waals surface area contributed by atoms with Gasteiger partial charge in [-0.3, -0.25) is 14.4 Å². The van der Waals surface area contributed by atoms with Crippen LogP contribution >= 0.6 is 0 Å². The highest BCUT2D eigenvalue weighted by Crippen LogP contribution is 2.22. The van der Waals surface area contributed by atoms with E-state index in [1.54, 1.807) is 30.3 Å². The average Bonchev–Trinajstić information content (AvgIpc) is 2.70. The third-order valence-corrected chi connectivity index (χ3v) is 4.69. The molecular formula is C20H27N3O3. The summed E-state index contributed by atoms with van der Waals surface area (Å²) in [4.78, 5) is 38.8. The van der Waals surface area contributed by atoms with Crippen molar-refractivity contribution in [2.45, 2.75) is 32.2 Å². The molecule has 1 aromatic carbocycles. The number of carbonyl (C=O) groups is 3. The number of nitrogens with one attached hydrogen (secondary N) is 2. The first-order valence-electron chi connectivity index (χ1n) is 9.09. The first-order valence-corrected chi connectivity index (χ1v) is 9.09. The van der Waals surface area contributed by atoms with Gasteiger partial charge in [0, 0.05) is 31.6 Å². The van der Waals surface area contributed by atoms with Crippen LogP contribution in [-0.4, -0.2) is 48.3 Å². The van der Waals surface area contributed by atoms with Crippen LogP contribution in [-0.2, 0) is 9.59 Å². The van der Waals surface area contributed by atoms with Crippen LogP contribution in [0.5, 0.6) is 0 Å². The van der Waals surface area contributed by atoms with Crippen molar-refractivity contribution in [1.29, 1.82) is 0 Å². The van der Waals surface area contributed by atoms with Gasteiger partial charge in [-0.2, -0.15) is 0 Å². The second-order valence-corrected chi connectivity index (χ2v) is 6.42. The van der Waals surface area contributed by atoms with E-state index in [2.05, 4.69) is 17.2 Å². The SMILES string of the molecule is C=CCNC(=O)C(NC(=O)c1ccccc1)C1CCN(C(=O)CC)CC1. The Bertz CT molecular complexity index is 637. The molecule has 140 valence electrons. The summed E-state index contributed by atoms with van der Waals surface area (Å²) in [6.07, 6.45) is 3.47. The molecule has 1 atom stereocenters. The Labute approximate surface area is 154 Å². The molecule has 0 radical (unpaired) electrons. The van der Waals surface area contributed by atoms with E-state index in [1.807, 2.05) is 17.9 Å². The molecule has 26 heavy (non-hydrogen) atoms. The van der Waals surface area contributed by atoms with Crippen LogP contribution < -0.4 is 10.6 Å². The minimum atomic E-state index is -0.624. The molecule has 2 rings (SSSR count). The van der Waals surface area contributed by atoms with Gasteiger partial charge in [0.15, 0.2) is 0 Å². The summed E-state index contributed by atoms with van der Waals surface area (Å²) in [6.45, 7) is 7.03. The highest BCUT2D eigenvalue weighted by molar-refractivity contribution is 5.97. The molecule has 3 amide bonds. The quantitative estimate of drug-likeness (QED) is 0.730. The highest BCUT2D eigenvalue weighted by atomic mass is 16.2. The van der Waals surface area contributed by atoms with Crippen molar-refractivity contribution in [1.82, 2.24) is 15.5 Å². The molecule has 1 aliphatic heterocycles. The van der Waals surface area contributed by atoms with Crippen molar-refractivity contribution in [3.05, 3.63) is 48.6 Å². The summed E-state index contributed by atoms with van der Waals surface area (Å²) in [7, 11) is 0. The summed E-state index contributed by atoms with van der Waals surface area (Å²) in [5, 5.41) is 5.66. The predicted octanol–water partition coefficient (Wildman–Crippen LogP) is 1.74. The largest absolute Gasteiger partial charge is 0.351 e. The number of hydrogen-bond acceptors (Lipinski definition) is 3. The molecule has 0 spiro atoms. The van der Waals surface area contributed by atoms with Crippen LogP contribution in [0.2, 0.25) is 0 Å². The minimum Gasteiger partial charge on any atom is -0.351 e. The maximum atomic E-state index is 12.6. The van der Waals surface area contributed by atoms with Crippen LogP contribution in [0.15, 0.2) is 43.0 Å². The molecule has 6 heteroatoms. The summed E-state index contributed by atoms with van der Waals surface area (Å²) in [5.74, 6) is -0.358. The number of rotatable bonds is 7. The third kappa shape index (κ3) is 5.18. The zero-order chi connectivity index (χ0) is 18.9. The first kappa shape index (κ1) is 19.7. The van der Waals surface area contributed by atoms with Gasteiger partial charge in [0.05, 0.1) is 0 Å². The van der Waals surface area contributed by atoms with Crippen LogP contribution in [0.1, 0.15) is 36.5 Å². The van der Waals surface area contributed by atoms with E-state index in [9.17, 15) is 14.4 Å². The second kappa shape index (κ2) is 9.75. The molecule has 0 saturated carbocycles. The Morgan fingerprint density at radius 2 is 1.88 bits per heavy atom. The molecule has 1 saturated heterocycles. The first-order chi connectivity index (χ1) is 12.6. The molecule has 0 aromatic heterocycles. The van der Waals surface area contributed by atoms with Crippen LogP contribution in [0.3, 0.4) is 0 Å². The molecule has 1 fully saturated rings. The molecule has 1 heterocycles. The normalized spacial score (nSPS) is 15.8. The van der Waals surface area contributed by atoms with Crippen molar-refractivity contribution in [2.75, 3.05) is 19.6 Å². The van der Waals surface area contributed by atoms with Crippen LogP contribution in [0.25, 0.3) is 0 Å². The maximum Gasteiger partial charge on any atom is 0.251 e. The molecule has 1 aromatic rings. The van der Waals surface area contributed by atoms with E-state index in [0.29, 0.717) is 44.5 Å². The van der Waals surface area contributed by atoms with Gasteiger partial charge in [-0.25, -0.2) is 0 Å². The van der Waals surface area contributed by atoms with Crippen LogP contribution in [0.4, 0.5) is 0 Å². The van der Waals surface area contributed by atoms with E-state index in [4.69, 9.17) is 0 Å². The fourth-order valence-electron chi connectivity index (χ4n) is 3.20. The van der Waals surface area contributed by atoms with Gasteiger partial charge < -0.3 is 15.5 Å². The summed E-state index contributed by atoms with van der Waals surface area (Å²) in [5.41, 5.74) is 0.521. The number of piperidine rings is 1. The van der Waals surface area contributed by atoms with E-state index in [0.717, 1.165) is 0 Å². The van der Waals surface area contributed by atoms with Gasteiger partial charge in [-0.15, -0.1) is 6.58 Å². The van der Waals surface area contributed by atoms with Gasteiger partial charge in [0.25, 0.3) is 5.91 Å². The Hall–Kier alpha value is -2.63. The number of benzene rings is 1. The fourth-order valence-corrected chi connectivity index (χ4v) is 3.20. The predicted molar refractivity (Wildman–Crippen MR) is 100 cm³/mol. The standard InChI is InChI=1S/C20H27N3O3/c1-3-12-21-20(26)18(22-19(25)16-8-6-5-7-9-16)15-10-13-23(14-11-15)17(24)4-2/h3,5-9,15,18H,1,4,10-14H2,2H3,(H,21,26)(H,22,25). The number of likely N-dealkylation sites (tertiary alicyclic amines) is 1. The maximum absolute atomic E-state index is 12.6. The molecule has 1 aliphatic rings. The Morgan fingerprint density at radius 1 is 1.23 bits per heavy atom. The van der Waals surface area contributed by atoms with Crippen molar-refractivity contribution in [3.8, 4) is 0 Å². The summed E-state index contributed by atoms with van der Waals surface area (Å²) < 4.78 is 0. The zero-order valence-electron chi connectivity index (χ0n) is 15.2. The molecule has 6 nitrogen and oxygen atoms in total. The van der Waals surface area contributed by atoms with Gasteiger partial charge in [0.2, 0.25) is 11.8 Å². The zero-order valence-corrected chi connectivity index (χ0v) is 15.2. The fraction of sp³-hybridized carbons (Fsp3) is 0.450. The lowest BCUT2D eigenvalue weighted by Gasteiger charge is -2.35. The molecule has 1 unspecified atom stereocenters. The van der Waals surface area contributed by atoms with Crippen molar-refractivity contribution in [3.63, 3.8) is 0 Å². The van der Waals surface area contributed by atoms with E-state index in [1.165, 1.54) is 0 Å². The molecule has 2 N–H and O–H groups in total. The lowest BCUT2D eigenvalue weighted by Crippen LogP contribution is -2.53. The Kier molecular flexibility index (Phi) is 7.38. The number of hydrogen-bond donors (Lipinski definition) is 2. The second-order valence-electron chi connectivity index (χ2n) is 6.42. The van der Waals surface area contributed by atoms with Gasteiger partial charge >= 0.3 is 0 Å². The van der Waals surface area contributed by atoms with Gasteiger partial charge in [-0.05, 0) is 30.9 Å². The van der Waals surface area contributed by atoms with Crippen molar-refractivity contribution < 1.29 is 14.4 Å². The summed E-state index contributed by atoms with van der Waals surface area (Å²) >= 11 is 0. The Morgan fingerprint density at radius 3 is 2.46 bits per heavy atom. The monoisotopic (exact) mass is 357 g/mol. The van der Waals surface area contributed by atoms with Gasteiger partial charge in [-0.1, -0.05) is 31.2 Å². The molecule has 0 aliphatic carbocycles. The molecular weight excluding hydrogens is 330 g/mol.